The highest BCUT2D eigenvalue weighted by Crippen LogP contribution is 2.40. The molecule has 0 radical (unpaired) electrons. The van der Waals surface area contributed by atoms with Gasteiger partial charge in [-0.25, -0.2) is 4.79 Å². The summed E-state index contributed by atoms with van der Waals surface area (Å²) in [6, 6.07) is 9.39. The van der Waals surface area contributed by atoms with Crippen LogP contribution in [0, 0.1) is 5.92 Å². The number of esters is 2. The van der Waals surface area contributed by atoms with Gasteiger partial charge in [-0.05, 0) is 38.9 Å². The third kappa shape index (κ3) is 3.11. The van der Waals surface area contributed by atoms with E-state index in [0.717, 1.165) is 12.8 Å². The molecule has 2 saturated heterocycles. The SMILES string of the molecule is CCOC(=O)[C@H]1[C@H]2CC[C@H](C[C@H]1OC(=O)c1ccccc1)N2C. The van der Waals surface area contributed by atoms with E-state index in [1.807, 2.05) is 13.1 Å². The van der Waals surface area contributed by atoms with Gasteiger partial charge in [-0.2, -0.15) is 0 Å². The Labute approximate surface area is 136 Å². The topological polar surface area (TPSA) is 55.8 Å². The van der Waals surface area contributed by atoms with Gasteiger partial charge in [-0.3, -0.25) is 9.69 Å². The van der Waals surface area contributed by atoms with Gasteiger partial charge in [0.05, 0.1) is 12.2 Å². The van der Waals surface area contributed by atoms with Crippen molar-refractivity contribution in [2.24, 2.45) is 5.92 Å². The molecule has 2 aliphatic heterocycles. The summed E-state index contributed by atoms with van der Waals surface area (Å²) in [5.41, 5.74) is 0.515. The smallest absolute Gasteiger partial charge is 0.338 e. The van der Waals surface area contributed by atoms with E-state index in [1.54, 1.807) is 31.2 Å². The third-order valence-electron chi connectivity index (χ3n) is 5.04. The Morgan fingerprint density at radius 1 is 1.22 bits per heavy atom. The lowest BCUT2D eigenvalue weighted by Crippen LogP contribution is -2.53. The average molecular weight is 317 g/mol. The molecule has 0 N–H and O–H groups in total. The molecule has 0 aromatic heterocycles. The van der Waals surface area contributed by atoms with Crippen molar-refractivity contribution in [2.75, 3.05) is 13.7 Å². The molecule has 23 heavy (non-hydrogen) atoms. The number of rotatable bonds is 4. The standard InChI is InChI=1S/C18H23NO4/c1-3-22-18(21)16-14-10-9-13(19(14)2)11-15(16)23-17(20)12-7-5-4-6-8-12/h4-8,13-16H,3,9-11H2,1-2H3/t13-,14-,15-,16+/m1/s1. The van der Waals surface area contributed by atoms with Crippen molar-refractivity contribution in [2.45, 2.75) is 44.4 Å². The van der Waals surface area contributed by atoms with Crippen molar-refractivity contribution in [3.63, 3.8) is 0 Å². The Kier molecular flexibility index (Phi) is 4.66. The molecule has 5 nitrogen and oxygen atoms in total. The van der Waals surface area contributed by atoms with Crippen molar-refractivity contribution < 1.29 is 19.1 Å². The zero-order valence-electron chi connectivity index (χ0n) is 13.6. The fraction of sp³-hybridized carbons (Fsp3) is 0.556. The van der Waals surface area contributed by atoms with E-state index >= 15 is 0 Å². The normalized spacial score (nSPS) is 30.0. The van der Waals surface area contributed by atoms with Gasteiger partial charge in [-0.1, -0.05) is 18.2 Å². The Hall–Kier alpha value is -1.88. The van der Waals surface area contributed by atoms with E-state index < -0.39 is 12.0 Å². The number of carbonyl (C=O) groups excluding carboxylic acids is 2. The van der Waals surface area contributed by atoms with Crippen LogP contribution in [-0.4, -0.2) is 48.7 Å². The van der Waals surface area contributed by atoms with E-state index in [2.05, 4.69) is 4.90 Å². The van der Waals surface area contributed by atoms with Crippen LogP contribution >= 0.6 is 0 Å². The molecule has 0 saturated carbocycles. The van der Waals surface area contributed by atoms with Crippen LogP contribution in [0.15, 0.2) is 30.3 Å². The van der Waals surface area contributed by atoms with Crippen molar-refractivity contribution >= 4 is 11.9 Å². The number of nitrogens with zero attached hydrogens (tertiary/aromatic N) is 1. The Balaban J connectivity index is 1.78. The summed E-state index contributed by atoms with van der Waals surface area (Å²) in [6.45, 7) is 2.14. The molecule has 1 aromatic rings. The summed E-state index contributed by atoms with van der Waals surface area (Å²) in [5, 5.41) is 0. The number of carbonyl (C=O) groups is 2. The Bertz CT molecular complexity index is 574. The van der Waals surface area contributed by atoms with Crippen molar-refractivity contribution in [1.82, 2.24) is 4.90 Å². The largest absolute Gasteiger partial charge is 0.466 e. The predicted octanol–water partition coefficient (Wildman–Crippen LogP) is 2.26. The van der Waals surface area contributed by atoms with Crippen LogP contribution < -0.4 is 0 Å². The maximum Gasteiger partial charge on any atom is 0.338 e. The van der Waals surface area contributed by atoms with E-state index in [0.29, 0.717) is 24.6 Å². The minimum absolute atomic E-state index is 0.0985. The van der Waals surface area contributed by atoms with Gasteiger partial charge in [0, 0.05) is 18.5 Å². The molecule has 1 aromatic carbocycles. The molecule has 124 valence electrons. The Morgan fingerprint density at radius 3 is 2.65 bits per heavy atom. The summed E-state index contributed by atoms with van der Waals surface area (Å²) in [4.78, 5) is 27.0. The van der Waals surface area contributed by atoms with E-state index in [4.69, 9.17) is 9.47 Å². The minimum atomic E-state index is -0.407. The molecule has 0 unspecified atom stereocenters. The number of piperidine rings is 1. The van der Waals surface area contributed by atoms with Gasteiger partial charge in [0.1, 0.15) is 12.0 Å². The van der Waals surface area contributed by atoms with Crippen LogP contribution in [0.5, 0.6) is 0 Å². The second-order valence-electron chi connectivity index (χ2n) is 6.29. The molecule has 2 fully saturated rings. The molecule has 2 bridgehead atoms. The van der Waals surface area contributed by atoms with Gasteiger partial charge < -0.3 is 9.47 Å². The van der Waals surface area contributed by atoms with E-state index in [-0.39, 0.29) is 18.0 Å². The first-order valence-corrected chi connectivity index (χ1v) is 8.26. The quantitative estimate of drug-likeness (QED) is 0.797. The first kappa shape index (κ1) is 16.0. The maximum absolute atomic E-state index is 12.4. The van der Waals surface area contributed by atoms with Crippen molar-refractivity contribution in [3.05, 3.63) is 35.9 Å². The first-order valence-electron chi connectivity index (χ1n) is 8.26. The van der Waals surface area contributed by atoms with Gasteiger partial charge in [0.15, 0.2) is 0 Å². The van der Waals surface area contributed by atoms with Crippen molar-refractivity contribution in [3.8, 4) is 0 Å². The lowest BCUT2D eigenvalue weighted by molar-refractivity contribution is -0.158. The number of ether oxygens (including phenoxy) is 2. The van der Waals surface area contributed by atoms with Gasteiger partial charge in [0.2, 0.25) is 0 Å². The number of hydrogen-bond donors (Lipinski definition) is 0. The summed E-state index contributed by atoms with van der Waals surface area (Å²) in [7, 11) is 2.05. The summed E-state index contributed by atoms with van der Waals surface area (Å²) < 4.78 is 11.0. The molecule has 5 heteroatoms. The molecular formula is C18H23NO4. The maximum atomic E-state index is 12.4. The zero-order valence-corrected chi connectivity index (χ0v) is 13.6. The highest BCUT2D eigenvalue weighted by Gasteiger charge is 2.51. The number of benzene rings is 1. The number of fused-ring (bicyclic) bond motifs is 2. The summed E-state index contributed by atoms with van der Waals surface area (Å²) in [5.74, 6) is -1.02. The van der Waals surface area contributed by atoms with E-state index in [9.17, 15) is 9.59 Å². The predicted molar refractivity (Wildman–Crippen MR) is 85.0 cm³/mol. The molecular weight excluding hydrogens is 294 g/mol. The molecule has 2 aliphatic rings. The molecule has 4 atom stereocenters. The second-order valence-corrected chi connectivity index (χ2v) is 6.29. The highest BCUT2D eigenvalue weighted by molar-refractivity contribution is 5.89. The lowest BCUT2D eigenvalue weighted by Gasteiger charge is -2.40. The first-order chi connectivity index (χ1) is 11.1. The van der Waals surface area contributed by atoms with Crippen LogP contribution in [-0.2, 0) is 14.3 Å². The third-order valence-corrected chi connectivity index (χ3v) is 5.04. The van der Waals surface area contributed by atoms with Gasteiger partial charge in [-0.15, -0.1) is 0 Å². The fourth-order valence-corrected chi connectivity index (χ4v) is 3.87. The molecule has 3 rings (SSSR count). The lowest BCUT2D eigenvalue weighted by atomic mass is 9.87. The zero-order chi connectivity index (χ0) is 16.4. The van der Waals surface area contributed by atoms with Crippen LogP contribution in [0.3, 0.4) is 0 Å². The monoisotopic (exact) mass is 317 g/mol. The minimum Gasteiger partial charge on any atom is -0.466 e. The molecule has 0 aliphatic carbocycles. The van der Waals surface area contributed by atoms with Gasteiger partial charge in [0.25, 0.3) is 0 Å². The van der Waals surface area contributed by atoms with Gasteiger partial charge >= 0.3 is 11.9 Å². The molecule has 2 heterocycles. The molecule has 0 spiro atoms. The summed E-state index contributed by atoms with van der Waals surface area (Å²) >= 11 is 0. The van der Waals surface area contributed by atoms with Crippen LogP contribution in [0.4, 0.5) is 0 Å². The van der Waals surface area contributed by atoms with Crippen LogP contribution in [0.2, 0.25) is 0 Å². The van der Waals surface area contributed by atoms with Crippen LogP contribution in [0.25, 0.3) is 0 Å². The second kappa shape index (κ2) is 6.71. The van der Waals surface area contributed by atoms with E-state index in [1.165, 1.54) is 0 Å². The molecule has 0 amide bonds. The fourth-order valence-electron chi connectivity index (χ4n) is 3.87. The average Bonchev–Trinajstić information content (AvgIpc) is 2.80. The van der Waals surface area contributed by atoms with Crippen molar-refractivity contribution in [1.29, 1.82) is 0 Å². The number of hydrogen-bond acceptors (Lipinski definition) is 5. The summed E-state index contributed by atoms with van der Waals surface area (Å²) in [6.07, 6.45) is 2.27. The Morgan fingerprint density at radius 2 is 1.96 bits per heavy atom. The van der Waals surface area contributed by atoms with Crippen LogP contribution in [0.1, 0.15) is 36.5 Å². The highest BCUT2D eigenvalue weighted by atomic mass is 16.6.